The summed E-state index contributed by atoms with van der Waals surface area (Å²) in [5.74, 6) is 0.0780. The van der Waals surface area contributed by atoms with Gasteiger partial charge in [-0.2, -0.15) is 0 Å². The fraction of sp³-hybridized carbons (Fsp3) is 0.133. The van der Waals surface area contributed by atoms with E-state index >= 15 is 0 Å². The second-order valence-electron chi connectivity index (χ2n) is 8.33. The molecule has 0 aromatic heterocycles. The highest BCUT2D eigenvalue weighted by atomic mass is 32.2. The molecule has 0 saturated heterocycles. The van der Waals surface area contributed by atoms with Crippen LogP contribution >= 0.6 is 0 Å². The van der Waals surface area contributed by atoms with Crippen LogP contribution in [0.4, 0.5) is 0 Å². The van der Waals surface area contributed by atoms with Gasteiger partial charge in [0.15, 0.2) is 0 Å². The van der Waals surface area contributed by atoms with Crippen LogP contribution in [0.15, 0.2) is 124 Å². The molecule has 0 aliphatic rings. The van der Waals surface area contributed by atoms with Gasteiger partial charge in [-0.15, -0.1) is 0 Å². The Morgan fingerprint density at radius 2 is 1.18 bits per heavy atom. The molecule has 4 rings (SSSR count). The second kappa shape index (κ2) is 11.4. The largest absolute Gasteiger partial charge is 0.254 e. The third kappa shape index (κ3) is 6.07. The molecule has 0 amide bonds. The first-order chi connectivity index (χ1) is 16.5. The monoisotopic (exact) mass is 484 g/mol. The molecule has 3 atom stereocenters. The van der Waals surface area contributed by atoms with E-state index in [-0.39, 0.29) is 5.92 Å². The molecule has 0 N–H and O–H groups in total. The molecule has 0 bridgehead atoms. The number of hydrogen-bond donors (Lipinski definition) is 0. The summed E-state index contributed by atoms with van der Waals surface area (Å²) in [6.07, 6.45) is 2.00. The standard InChI is InChI=1S/C30H28O2S2/c1-23-13-17-27(18-14-23)33(31)22-29(26-11-7-4-8-12-26)30(21-25-9-5-3-6-10-25)34(32)28-19-15-24(2)16-20-28/h3-21,29H,22H2,1-2H3/b30-21+/t29?,33-,34+/m1/s1. The Morgan fingerprint density at radius 1 is 0.676 bits per heavy atom. The summed E-state index contributed by atoms with van der Waals surface area (Å²) < 4.78 is 27.5. The minimum absolute atomic E-state index is 0.273. The van der Waals surface area contributed by atoms with Crippen LogP contribution in [0.1, 0.15) is 28.2 Å². The normalized spacial score (nSPS) is 14.4. The van der Waals surface area contributed by atoms with Crippen LogP contribution in [0.25, 0.3) is 6.08 Å². The quantitative estimate of drug-likeness (QED) is 0.269. The second-order valence-corrected chi connectivity index (χ2v) is 11.3. The molecule has 1 unspecified atom stereocenters. The Kier molecular flexibility index (Phi) is 8.04. The number of rotatable bonds is 8. The summed E-state index contributed by atoms with van der Waals surface area (Å²) >= 11 is 0. The van der Waals surface area contributed by atoms with E-state index in [1.165, 1.54) is 0 Å². The average molecular weight is 485 g/mol. The van der Waals surface area contributed by atoms with Gasteiger partial charge in [0.05, 0.1) is 21.6 Å². The highest BCUT2D eigenvalue weighted by molar-refractivity contribution is 7.89. The lowest BCUT2D eigenvalue weighted by Crippen LogP contribution is -2.16. The van der Waals surface area contributed by atoms with Gasteiger partial charge < -0.3 is 0 Å². The summed E-state index contributed by atoms with van der Waals surface area (Å²) in [6, 6.07) is 35.5. The van der Waals surface area contributed by atoms with Crippen LogP contribution in [-0.2, 0) is 21.6 Å². The van der Waals surface area contributed by atoms with Crippen molar-refractivity contribution in [2.24, 2.45) is 0 Å². The molecule has 2 nitrogen and oxygen atoms in total. The van der Waals surface area contributed by atoms with E-state index in [1.54, 1.807) is 0 Å². The maximum atomic E-state index is 14.0. The van der Waals surface area contributed by atoms with Crippen molar-refractivity contribution in [3.05, 3.63) is 136 Å². The first-order valence-corrected chi connectivity index (χ1v) is 13.7. The van der Waals surface area contributed by atoms with Crippen LogP contribution in [0.2, 0.25) is 0 Å². The zero-order valence-corrected chi connectivity index (χ0v) is 21.0. The maximum Gasteiger partial charge on any atom is 0.0815 e. The van der Waals surface area contributed by atoms with Gasteiger partial charge in [-0.1, -0.05) is 96.1 Å². The number of hydrogen-bond acceptors (Lipinski definition) is 2. The molecule has 0 fully saturated rings. The molecular weight excluding hydrogens is 456 g/mol. The van der Waals surface area contributed by atoms with Crippen molar-refractivity contribution in [1.82, 2.24) is 0 Å². The summed E-state index contributed by atoms with van der Waals surface area (Å²) in [4.78, 5) is 2.28. The molecule has 0 aliphatic carbocycles. The number of aryl methyl sites for hydroxylation is 2. The average Bonchev–Trinajstić information content (AvgIpc) is 2.87. The van der Waals surface area contributed by atoms with Gasteiger partial charge in [0, 0.05) is 26.4 Å². The molecular formula is C30H28O2S2. The maximum absolute atomic E-state index is 14.0. The minimum atomic E-state index is -1.41. The van der Waals surface area contributed by atoms with E-state index < -0.39 is 21.6 Å². The Bertz CT molecular complexity index is 1290. The van der Waals surface area contributed by atoms with Crippen molar-refractivity contribution in [3.63, 3.8) is 0 Å². The Morgan fingerprint density at radius 3 is 1.74 bits per heavy atom. The van der Waals surface area contributed by atoms with E-state index in [0.717, 1.165) is 36.9 Å². The van der Waals surface area contributed by atoms with E-state index in [0.29, 0.717) is 5.75 Å². The molecule has 4 aromatic rings. The van der Waals surface area contributed by atoms with Crippen LogP contribution < -0.4 is 0 Å². The zero-order valence-electron chi connectivity index (χ0n) is 19.4. The third-order valence-electron chi connectivity index (χ3n) is 5.70. The molecule has 0 saturated carbocycles. The van der Waals surface area contributed by atoms with Gasteiger partial charge in [0.1, 0.15) is 0 Å². The molecule has 0 aliphatic heterocycles. The van der Waals surface area contributed by atoms with E-state index in [2.05, 4.69) is 0 Å². The van der Waals surface area contributed by atoms with E-state index in [4.69, 9.17) is 0 Å². The summed E-state index contributed by atoms with van der Waals surface area (Å²) in [5, 5.41) is 0. The first-order valence-electron chi connectivity index (χ1n) is 11.3. The number of benzene rings is 4. The van der Waals surface area contributed by atoms with Gasteiger partial charge in [-0.3, -0.25) is 4.21 Å². The molecule has 0 heterocycles. The molecule has 0 spiro atoms. The molecule has 34 heavy (non-hydrogen) atoms. The predicted octanol–water partition coefficient (Wildman–Crippen LogP) is 7.04. The Hall–Kier alpha value is -3.08. The Balaban J connectivity index is 1.81. The SMILES string of the molecule is Cc1ccc([S@](=O)CC(/C(=C\c2ccccc2)[S@@](=O)c2ccc(C)cc2)c2ccccc2)cc1. The molecule has 4 heteroatoms. The van der Waals surface area contributed by atoms with E-state index in [9.17, 15) is 8.42 Å². The lowest BCUT2D eigenvalue weighted by atomic mass is 9.99. The summed E-state index contributed by atoms with van der Waals surface area (Å²) in [6.45, 7) is 4.04. The molecule has 4 aromatic carbocycles. The number of allylic oxidation sites excluding steroid dienone is 1. The highest BCUT2D eigenvalue weighted by Gasteiger charge is 2.26. The topological polar surface area (TPSA) is 34.1 Å². The van der Waals surface area contributed by atoms with Gasteiger partial charge in [-0.25, -0.2) is 4.21 Å². The highest BCUT2D eigenvalue weighted by Crippen LogP contribution is 2.33. The van der Waals surface area contributed by atoms with Gasteiger partial charge in [-0.05, 0) is 55.3 Å². The zero-order chi connectivity index (χ0) is 23.9. The van der Waals surface area contributed by atoms with Crippen molar-refractivity contribution >= 4 is 27.7 Å². The van der Waals surface area contributed by atoms with Crippen LogP contribution in [0.5, 0.6) is 0 Å². The van der Waals surface area contributed by atoms with Gasteiger partial charge in [0.2, 0.25) is 0 Å². The smallest absolute Gasteiger partial charge is 0.0815 e. The fourth-order valence-electron chi connectivity index (χ4n) is 3.76. The lowest BCUT2D eigenvalue weighted by molar-refractivity contribution is 0.677. The Labute approximate surface area is 207 Å². The van der Waals surface area contributed by atoms with Gasteiger partial charge in [0.25, 0.3) is 0 Å². The van der Waals surface area contributed by atoms with Crippen molar-refractivity contribution in [2.75, 3.05) is 5.75 Å². The lowest BCUT2D eigenvalue weighted by Gasteiger charge is -2.21. The van der Waals surface area contributed by atoms with Crippen molar-refractivity contribution in [2.45, 2.75) is 29.6 Å². The van der Waals surface area contributed by atoms with Crippen molar-refractivity contribution < 1.29 is 8.42 Å². The van der Waals surface area contributed by atoms with E-state index in [1.807, 2.05) is 129 Å². The molecule has 0 radical (unpaired) electrons. The van der Waals surface area contributed by atoms with Crippen molar-refractivity contribution in [3.8, 4) is 0 Å². The van der Waals surface area contributed by atoms with Crippen LogP contribution in [-0.4, -0.2) is 14.2 Å². The first kappa shape index (κ1) is 24.1. The fourth-order valence-corrected chi connectivity index (χ4v) is 6.55. The van der Waals surface area contributed by atoms with Crippen molar-refractivity contribution in [1.29, 1.82) is 0 Å². The van der Waals surface area contributed by atoms with Gasteiger partial charge >= 0.3 is 0 Å². The molecule has 172 valence electrons. The van der Waals surface area contributed by atoms with Crippen LogP contribution in [0.3, 0.4) is 0 Å². The van der Waals surface area contributed by atoms with Crippen LogP contribution in [0, 0.1) is 13.8 Å². The summed E-state index contributed by atoms with van der Waals surface area (Å²) in [7, 11) is -2.66. The third-order valence-corrected chi connectivity index (χ3v) is 8.67. The predicted molar refractivity (Wildman–Crippen MR) is 144 cm³/mol. The summed E-state index contributed by atoms with van der Waals surface area (Å²) in [5.41, 5.74) is 4.23. The minimum Gasteiger partial charge on any atom is -0.254 e.